The molecule has 0 bridgehead atoms. The van der Waals surface area contributed by atoms with Gasteiger partial charge in [0.25, 0.3) is 0 Å². The molecule has 11 atom stereocenters. The summed E-state index contributed by atoms with van der Waals surface area (Å²) in [6.45, 7) is -0.716. The van der Waals surface area contributed by atoms with E-state index in [0.717, 1.165) is 0 Å². The highest BCUT2D eigenvalue weighted by atomic mass is 16.6. The van der Waals surface area contributed by atoms with Crippen LogP contribution in [0.15, 0.2) is 0 Å². The van der Waals surface area contributed by atoms with Crippen LogP contribution in [0.5, 0.6) is 0 Å². The second-order valence-electron chi connectivity index (χ2n) is 5.75. The van der Waals surface area contributed by atoms with Crippen LogP contribution in [-0.2, 0) is 9.47 Å². The molecule has 0 aliphatic carbocycles. The zero-order valence-electron chi connectivity index (χ0n) is 11.9. The first-order chi connectivity index (χ1) is 10.7. The molecule has 2 heterocycles. The zero-order valence-corrected chi connectivity index (χ0v) is 11.9. The van der Waals surface area contributed by atoms with E-state index in [4.69, 9.17) is 14.6 Å². The molecule has 0 spiro atoms. The molecular weight excluding hydrogens is 320 g/mol. The Morgan fingerprint density at radius 1 is 0.652 bits per heavy atom. The van der Waals surface area contributed by atoms with E-state index in [2.05, 4.69) is 0 Å². The smallest absolute Gasteiger partial charge is 0.184 e. The predicted molar refractivity (Wildman–Crippen MR) is 68.7 cm³/mol. The SMILES string of the molecule is OC[C@H]1O[C@H](C(O)[C@H]2OC(O)[C@H](O)[C@@H](O)[C@@H]2O)[C@H](O)[C@@H](O)[C@H]1O. The summed E-state index contributed by atoms with van der Waals surface area (Å²) in [6.07, 6.45) is -18.9. The molecule has 2 rings (SSSR count). The van der Waals surface area contributed by atoms with Gasteiger partial charge in [0, 0.05) is 0 Å². The van der Waals surface area contributed by atoms with Crippen LogP contribution in [0.1, 0.15) is 0 Å². The minimum Gasteiger partial charge on any atom is -0.394 e. The van der Waals surface area contributed by atoms with Gasteiger partial charge in [-0.05, 0) is 0 Å². The molecule has 0 aromatic carbocycles. The molecule has 23 heavy (non-hydrogen) atoms. The Morgan fingerprint density at radius 2 is 1.13 bits per heavy atom. The molecule has 0 aromatic heterocycles. The van der Waals surface area contributed by atoms with Crippen molar-refractivity contribution in [3.63, 3.8) is 0 Å². The van der Waals surface area contributed by atoms with E-state index in [9.17, 15) is 40.9 Å². The molecule has 0 saturated carbocycles. The van der Waals surface area contributed by atoms with Gasteiger partial charge in [-0.2, -0.15) is 0 Å². The molecule has 2 unspecified atom stereocenters. The molecule has 9 N–H and O–H groups in total. The Bertz CT molecular complexity index is 393. The Labute approximate surface area is 130 Å². The van der Waals surface area contributed by atoms with Crippen molar-refractivity contribution >= 4 is 0 Å². The minimum absolute atomic E-state index is 0.716. The Balaban J connectivity index is 2.16. The highest BCUT2D eigenvalue weighted by Crippen LogP contribution is 2.29. The molecule has 2 aliphatic heterocycles. The van der Waals surface area contributed by atoms with Crippen molar-refractivity contribution < 1.29 is 55.4 Å². The highest BCUT2D eigenvalue weighted by molar-refractivity contribution is 5.00. The number of hydrogen-bond acceptors (Lipinski definition) is 11. The van der Waals surface area contributed by atoms with Gasteiger partial charge >= 0.3 is 0 Å². The third-order valence-electron chi connectivity index (χ3n) is 4.23. The number of rotatable bonds is 3. The molecule has 136 valence electrons. The first-order valence-corrected chi connectivity index (χ1v) is 7.07. The van der Waals surface area contributed by atoms with Crippen LogP contribution in [0.2, 0.25) is 0 Å². The molecule has 2 saturated heterocycles. The molecule has 0 aromatic rings. The maximum Gasteiger partial charge on any atom is 0.184 e. The maximum absolute atomic E-state index is 10.2. The molecule has 2 aliphatic rings. The van der Waals surface area contributed by atoms with Gasteiger partial charge < -0.3 is 55.4 Å². The number of aliphatic hydroxyl groups is 9. The van der Waals surface area contributed by atoms with Gasteiger partial charge in [-0.15, -0.1) is 0 Å². The summed E-state index contributed by atoms with van der Waals surface area (Å²) in [5.41, 5.74) is 0. The fourth-order valence-electron chi connectivity index (χ4n) is 2.77. The first-order valence-electron chi connectivity index (χ1n) is 7.07. The van der Waals surface area contributed by atoms with Gasteiger partial charge in [0.05, 0.1) is 6.61 Å². The van der Waals surface area contributed by atoms with Gasteiger partial charge in [-0.3, -0.25) is 0 Å². The van der Waals surface area contributed by atoms with Gasteiger partial charge in [0.2, 0.25) is 0 Å². The zero-order chi connectivity index (χ0) is 17.5. The molecule has 0 amide bonds. The third kappa shape index (κ3) is 3.36. The second kappa shape index (κ2) is 7.21. The molecule has 11 heteroatoms. The number of ether oxygens (including phenoxy) is 2. The van der Waals surface area contributed by atoms with Crippen LogP contribution >= 0.6 is 0 Å². The summed E-state index contributed by atoms with van der Waals surface area (Å²) in [7, 11) is 0. The fraction of sp³-hybridized carbons (Fsp3) is 1.00. The van der Waals surface area contributed by atoms with Crippen molar-refractivity contribution in [3.05, 3.63) is 0 Å². The first kappa shape index (κ1) is 18.9. The van der Waals surface area contributed by atoms with E-state index < -0.39 is 73.9 Å². The molecule has 0 radical (unpaired) electrons. The summed E-state index contributed by atoms with van der Waals surface area (Å²) in [6, 6.07) is 0. The van der Waals surface area contributed by atoms with Crippen molar-refractivity contribution in [3.8, 4) is 0 Å². The average Bonchev–Trinajstić information content (AvgIpc) is 2.53. The van der Waals surface area contributed by atoms with Crippen molar-refractivity contribution in [2.75, 3.05) is 6.61 Å². The number of aliphatic hydroxyl groups excluding tert-OH is 9. The minimum atomic E-state index is -1.90. The molecule has 2 fully saturated rings. The van der Waals surface area contributed by atoms with Crippen LogP contribution < -0.4 is 0 Å². The normalized spacial score (nSPS) is 53.1. The predicted octanol–water partition coefficient (Wildman–Crippen LogP) is -6.01. The topological polar surface area (TPSA) is 201 Å². The highest BCUT2D eigenvalue weighted by Gasteiger charge is 2.53. The van der Waals surface area contributed by atoms with Crippen LogP contribution in [0, 0.1) is 0 Å². The molecular formula is C12H22O11. The lowest BCUT2D eigenvalue weighted by Gasteiger charge is -2.46. The van der Waals surface area contributed by atoms with Crippen molar-refractivity contribution in [1.29, 1.82) is 0 Å². The van der Waals surface area contributed by atoms with Gasteiger partial charge in [0.1, 0.15) is 61.0 Å². The lowest BCUT2D eigenvalue weighted by atomic mass is 9.87. The third-order valence-corrected chi connectivity index (χ3v) is 4.23. The van der Waals surface area contributed by atoms with Crippen LogP contribution in [0.3, 0.4) is 0 Å². The summed E-state index contributed by atoms with van der Waals surface area (Å²) in [5, 5.41) is 86.9. The summed E-state index contributed by atoms with van der Waals surface area (Å²) >= 11 is 0. The largest absolute Gasteiger partial charge is 0.394 e. The van der Waals surface area contributed by atoms with E-state index in [1.165, 1.54) is 0 Å². The van der Waals surface area contributed by atoms with E-state index in [-0.39, 0.29) is 0 Å². The van der Waals surface area contributed by atoms with Crippen molar-refractivity contribution in [1.82, 2.24) is 0 Å². The van der Waals surface area contributed by atoms with E-state index in [0.29, 0.717) is 0 Å². The number of hydrogen-bond donors (Lipinski definition) is 9. The summed E-state index contributed by atoms with van der Waals surface area (Å²) < 4.78 is 9.94. The van der Waals surface area contributed by atoms with Gasteiger partial charge in [0.15, 0.2) is 6.29 Å². The summed E-state index contributed by atoms with van der Waals surface area (Å²) in [5.74, 6) is 0. The van der Waals surface area contributed by atoms with E-state index >= 15 is 0 Å². The Kier molecular flexibility index (Phi) is 5.92. The molecule has 11 nitrogen and oxygen atoms in total. The van der Waals surface area contributed by atoms with Crippen LogP contribution in [0.4, 0.5) is 0 Å². The standard InChI is InChI=1S/C12H22O11/c13-1-2-3(14)4(15)6(17)10(22-2)9(20)11-7(18)5(16)8(19)12(21)23-11/h2-21H,1H2/t2-,3+,4+,5+,6-,7+,8-,9?,10+,11+,12?/m1/s1. The summed E-state index contributed by atoms with van der Waals surface area (Å²) in [4.78, 5) is 0. The lowest BCUT2D eigenvalue weighted by molar-refractivity contribution is -0.319. The Morgan fingerprint density at radius 3 is 1.65 bits per heavy atom. The van der Waals surface area contributed by atoms with Crippen LogP contribution in [0.25, 0.3) is 0 Å². The van der Waals surface area contributed by atoms with Crippen LogP contribution in [-0.4, -0.2) is 120 Å². The lowest BCUT2D eigenvalue weighted by Crippen LogP contribution is -2.67. The van der Waals surface area contributed by atoms with Gasteiger partial charge in [-0.1, -0.05) is 0 Å². The van der Waals surface area contributed by atoms with E-state index in [1.807, 2.05) is 0 Å². The monoisotopic (exact) mass is 342 g/mol. The van der Waals surface area contributed by atoms with Gasteiger partial charge in [-0.25, -0.2) is 0 Å². The second-order valence-corrected chi connectivity index (χ2v) is 5.75. The maximum atomic E-state index is 10.2. The van der Waals surface area contributed by atoms with Crippen molar-refractivity contribution in [2.24, 2.45) is 0 Å². The quantitative estimate of drug-likeness (QED) is 0.236. The van der Waals surface area contributed by atoms with Crippen molar-refractivity contribution in [2.45, 2.75) is 67.3 Å². The van der Waals surface area contributed by atoms with E-state index in [1.54, 1.807) is 0 Å². The Hall–Kier alpha value is -0.440. The fourth-order valence-corrected chi connectivity index (χ4v) is 2.77. The average molecular weight is 342 g/mol.